The Labute approximate surface area is 136 Å². The van der Waals surface area contributed by atoms with Crippen molar-refractivity contribution in [3.05, 3.63) is 30.4 Å². The average Bonchev–Trinajstić information content (AvgIpc) is 3.17. The lowest BCUT2D eigenvalue weighted by atomic mass is 9.89. The summed E-state index contributed by atoms with van der Waals surface area (Å²) in [6.45, 7) is 1.79. The minimum atomic E-state index is 0.763. The molecule has 1 saturated carbocycles. The molecule has 120 valence electrons. The standard InChI is InChI=1S/C16H25N5S/c1-22-10-7-15-18-16(12-20-9-8-17-13-20)21(19-15)11-14-5-3-2-4-6-14/h8-9,13-14H,2-7,10-12H2,1H3. The van der Waals surface area contributed by atoms with Gasteiger partial charge in [-0.25, -0.2) is 14.6 Å². The van der Waals surface area contributed by atoms with Crippen molar-refractivity contribution in [2.75, 3.05) is 12.0 Å². The molecule has 2 aromatic heterocycles. The van der Waals surface area contributed by atoms with Crippen molar-refractivity contribution in [3.8, 4) is 0 Å². The Morgan fingerprint density at radius 2 is 2.14 bits per heavy atom. The van der Waals surface area contributed by atoms with E-state index in [1.165, 1.54) is 32.1 Å². The Kier molecular flexibility index (Phi) is 5.53. The SMILES string of the molecule is CSCCc1nc(Cn2ccnc2)n(CC2CCCCC2)n1. The summed E-state index contributed by atoms with van der Waals surface area (Å²) in [6.07, 6.45) is 15.6. The highest BCUT2D eigenvalue weighted by molar-refractivity contribution is 7.98. The van der Waals surface area contributed by atoms with Crippen molar-refractivity contribution in [2.45, 2.75) is 51.6 Å². The number of hydrogen-bond donors (Lipinski definition) is 0. The van der Waals surface area contributed by atoms with Crippen LogP contribution in [0.2, 0.25) is 0 Å². The largest absolute Gasteiger partial charge is 0.330 e. The first-order valence-corrected chi connectivity index (χ1v) is 9.62. The van der Waals surface area contributed by atoms with Crippen LogP contribution in [0.3, 0.4) is 0 Å². The maximum absolute atomic E-state index is 4.78. The van der Waals surface area contributed by atoms with E-state index in [2.05, 4.69) is 20.5 Å². The van der Waals surface area contributed by atoms with Gasteiger partial charge in [0.05, 0.1) is 12.9 Å². The molecule has 0 N–H and O–H groups in total. The van der Waals surface area contributed by atoms with Gasteiger partial charge in [0.2, 0.25) is 0 Å². The van der Waals surface area contributed by atoms with Gasteiger partial charge < -0.3 is 4.57 Å². The molecule has 3 rings (SSSR count). The van der Waals surface area contributed by atoms with Crippen molar-refractivity contribution in [2.24, 2.45) is 5.92 Å². The van der Waals surface area contributed by atoms with E-state index in [0.717, 1.165) is 42.8 Å². The Bertz CT molecular complexity index is 557. The molecule has 0 bridgehead atoms. The van der Waals surface area contributed by atoms with E-state index in [-0.39, 0.29) is 0 Å². The lowest BCUT2D eigenvalue weighted by molar-refractivity contribution is 0.302. The average molecular weight is 319 g/mol. The van der Waals surface area contributed by atoms with Crippen molar-refractivity contribution in [3.63, 3.8) is 0 Å². The lowest BCUT2D eigenvalue weighted by Gasteiger charge is -2.21. The molecular formula is C16H25N5S. The Balaban J connectivity index is 1.73. The Morgan fingerprint density at radius 1 is 1.27 bits per heavy atom. The van der Waals surface area contributed by atoms with Crippen LogP contribution in [0.15, 0.2) is 18.7 Å². The van der Waals surface area contributed by atoms with E-state index in [1.54, 1.807) is 0 Å². The second-order valence-corrected chi connectivity index (χ2v) is 7.09. The van der Waals surface area contributed by atoms with E-state index >= 15 is 0 Å². The maximum Gasteiger partial charge on any atom is 0.151 e. The van der Waals surface area contributed by atoms with Crippen molar-refractivity contribution >= 4 is 11.8 Å². The van der Waals surface area contributed by atoms with Gasteiger partial charge >= 0.3 is 0 Å². The molecule has 0 unspecified atom stereocenters. The van der Waals surface area contributed by atoms with E-state index in [4.69, 9.17) is 10.1 Å². The molecule has 1 aliphatic carbocycles. The van der Waals surface area contributed by atoms with Crippen LogP contribution in [0, 0.1) is 5.92 Å². The number of imidazole rings is 1. The van der Waals surface area contributed by atoms with Gasteiger partial charge in [0.15, 0.2) is 5.82 Å². The van der Waals surface area contributed by atoms with Gasteiger partial charge in [-0.15, -0.1) is 0 Å². The molecule has 2 heterocycles. The van der Waals surface area contributed by atoms with Crippen LogP contribution >= 0.6 is 11.8 Å². The maximum atomic E-state index is 4.78. The number of aromatic nitrogens is 5. The Hall–Kier alpha value is -1.30. The third-order valence-electron chi connectivity index (χ3n) is 4.36. The quantitative estimate of drug-likeness (QED) is 0.787. The molecule has 0 saturated heterocycles. The van der Waals surface area contributed by atoms with Crippen molar-refractivity contribution in [1.29, 1.82) is 0 Å². The summed E-state index contributed by atoms with van der Waals surface area (Å²) in [6, 6.07) is 0. The van der Waals surface area contributed by atoms with Crippen LogP contribution in [0.1, 0.15) is 43.8 Å². The molecule has 5 nitrogen and oxygen atoms in total. The van der Waals surface area contributed by atoms with Crippen LogP contribution in [-0.4, -0.2) is 36.3 Å². The van der Waals surface area contributed by atoms with Crippen LogP contribution in [0.5, 0.6) is 0 Å². The zero-order valence-electron chi connectivity index (χ0n) is 13.3. The first-order chi connectivity index (χ1) is 10.8. The fraction of sp³-hybridized carbons (Fsp3) is 0.688. The molecule has 2 aromatic rings. The van der Waals surface area contributed by atoms with Gasteiger partial charge in [-0.3, -0.25) is 0 Å². The number of hydrogen-bond acceptors (Lipinski definition) is 4. The number of rotatable bonds is 7. The normalized spacial score (nSPS) is 16.2. The van der Waals surface area contributed by atoms with Crippen LogP contribution in [-0.2, 0) is 19.5 Å². The topological polar surface area (TPSA) is 48.5 Å². The summed E-state index contributed by atoms with van der Waals surface area (Å²) in [5.41, 5.74) is 0. The van der Waals surface area contributed by atoms with E-state index in [1.807, 2.05) is 30.5 Å². The molecule has 6 heteroatoms. The summed E-state index contributed by atoms with van der Waals surface area (Å²) in [5.74, 6) is 3.91. The molecule has 22 heavy (non-hydrogen) atoms. The van der Waals surface area contributed by atoms with Crippen molar-refractivity contribution < 1.29 is 0 Å². The third kappa shape index (κ3) is 4.12. The highest BCUT2D eigenvalue weighted by atomic mass is 32.2. The fourth-order valence-corrected chi connectivity index (χ4v) is 3.53. The summed E-state index contributed by atoms with van der Waals surface area (Å²) in [7, 11) is 0. The summed E-state index contributed by atoms with van der Waals surface area (Å²) in [4.78, 5) is 8.90. The minimum Gasteiger partial charge on any atom is -0.330 e. The number of nitrogens with zero attached hydrogens (tertiary/aromatic N) is 5. The number of aryl methyl sites for hydroxylation is 1. The number of thioether (sulfide) groups is 1. The van der Waals surface area contributed by atoms with Gasteiger partial charge in [-0.2, -0.15) is 16.9 Å². The molecule has 0 atom stereocenters. The van der Waals surface area contributed by atoms with Gasteiger partial charge in [-0.1, -0.05) is 19.3 Å². The zero-order valence-corrected chi connectivity index (χ0v) is 14.1. The molecule has 1 aliphatic rings. The monoisotopic (exact) mass is 319 g/mol. The first kappa shape index (κ1) is 15.6. The molecule has 0 spiro atoms. The Morgan fingerprint density at radius 3 is 2.86 bits per heavy atom. The first-order valence-electron chi connectivity index (χ1n) is 8.22. The molecule has 1 fully saturated rings. The highest BCUT2D eigenvalue weighted by Gasteiger charge is 2.18. The summed E-state index contributed by atoms with van der Waals surface area (Å²) >= 11 is 1.85. The second-order valence-electron chi connectivity index (χ2n) is 6.11. The fourth-order valence-electron chi connectivity index (χ4n) is 3.15. The summed E-state index contributed by atoms with van der Waals surface area (Å²) in [5, 5.41) is 4.78. The molecule has 0 amide bonds. The highest BCUT2D eigenvalue weighted by Crippen LogP contribution is 2.25. The predicted octanol–water partition coefficient (Wildman–Crippen LogP) is 3.01. The van der Waals surface area contributed by atoms with Gasteiger partial charge in [0.25, 0.3) is 0 Å². The van der Waals surface area contributed by atoms with Crippen molar-refractivity contribution in [1.82, 2.24) is 24.3 Å². The van der Waals surface area contributed by atoms with Gasteiger partial charge in [-0.05, 0) is 25.0 Å². The van der Waals surface area contributed by atoms with E-state index in [9.17, 15) is 0 Å². The second kappa shape index (κ2) is 7.81. The van der Waals surface area contributed by atoms with Crippen LogP contribution < -0.4 is 0 Å². The molecule has 0 aliphatic heterocycles. The third-order valence-corrected chi connectivity index (χ3v) is 4.97. The zero-order chi connectivity index (χ0) is 15.2. The molecule has 0 radical (unpaired) electrons. The smallest absolute Gasteiger partial charge is 0.151 e. The van der Waals surface area contributed by atoms with Gasteiger partial charge in [0, 0.05) is 31.1 Å². The van der Waals surface area contributed by atoms with E-state index < -0.39 is 0 Å². The summed E-state index contributed by atoms with van der Waals surface area (Å²) < 4.78 is 4.23. The van der Waals surface area contributed by atoms with Crippen LogP contribution in [0.25, 0.3) is 0 Å². The lowest BCUT2D eigenvalue weighted by Crippen LogP contribution is -2.18. The van der Waals surface area contributed by atoms with E-state index in [0.29, 0.717) is 0 Å². The van der Waals surface area contributed by atoms with Gasteiger partial charge in [0.1, 0.15) is 5.82 Å². The predicted molar refractivity (Wildman–Crippen MR) is 90.0 cm³/mol. The van der Waals surface area contributed by atoms with Crippen LogP contribution in [0.4, 0.5) is 0 Å². The molecular weight excluding hydrogens is 294 g/mol. The minimum absolute atomic E-state index is 0.763. The molecule has 0 aromatic carbocycles.